The van der Waals surface area contributed by atoms with Gasteiger partial charge in [-0.1, -0.05) is 17.7 Å². The number of rotatable bonds is 1. The summed E-state index contributed by atoms with van der Waals surface area (Å²) in [5.41, 5.74) is 1.77. The van der Waals surface area contributed by atoms with Crippen LogP contribution in [0.3, 0.4) is 0 Å². The number of hydrogen-bond donors (Lipinski definition) is 1. The first-order valence-electron chi connectivity index (χ1n) is 4.74. The second kappa shape index (κ2) is 4.00. The first kappa shape index (κ1) is 9.51. The average molecular weight is 207 g/mol. The van der Waals surface area contributed by atoms with E-state index in [0.29, 0.717) is 16.6 Å². The standard InChI is InChI=1S/C11H11ClN2/c12-9-3-4-10(8(6-9)7-13)11-2-1-5-14-11/h3-4,6,11,14H,1-2,5H2/t11-/m1/s1. The summed E-state index contributed by atoms with van der Waals surface area (Å²) in [5.74, 6) is 0. The number of nitriles is 1. The lowest BCUT2D eigenvalue weighted by molar-refractivity contribution is 0.646. The fraction of sp³-hybridized carbons (Fsp3) is 0.364. The van der Waals surface area contributed by atoms with Crippen LogP contribution in [0.25, 0.3) is 0 Å². The molecule has 3 heteroatoms. The quantitative estimate of drug-likeness (QED) is 0.767. The highest BCUT2D eigenvalue weighted by Gasteiger charge is 2.18. The van der Waals surface area contributed by atoms with Crippen molar-refractivity contribution in [2.45, 2.75) is 18.9 Å². The molecule has 1 aromatic rings. The molecule has 1 saturated heterocycles. The van der Waals surface area contributed by atoms with E-state index in [-0.39, 0.29) is 0 Å². The van der Waals surface area contributed by atoms with Crippen molar-refractivity contribution < 1.29 is 0 Å². The third kappa shape index (κ3) is 1.75. The van der Waals surface area contributed by atoms with Crippen LogP contribution in [0, 0.1) is 11.3 Å². The molecule has 0 unspecified atom stereocenters. The first-order chi connectivity index (χ1) is 6.81. The Kier molecular flexibility index (Phi) is 2.72. The zero-order valence-electron chi connectivity index (χ0n) is 7.76. The number of benzene rings is 1. The van der Waals surface area contributed by atoms with Crippen LogP contribution in [0.5, 0.6) is 0 Å². The minimum absolute atomic E-state index is 0.335. The van der Waals surface area contributed by atoms with Crippen LogP contribution in [0.2, 0.25) is 5.02 Å². The number of halogens is 1. The van der Waals surface area contributed by atoms with Crippen LogP contribution in [-0.2, 0) is 0 Å². The molecule has 0 spiro atoms. The zero-order chi connectivity index (χ0) is 9.97. The summed E-state index contributed by atoms with van der Waals surface area (Å²) in [6, 6.07) is 8.05. The van der Waals surface area contributed by atoms with Gasteiger partial charge >= 0.3 is 0 Å². The molecular formula is C11H11ClN2. The minimum atomic E-state index is 0.335. The molecule has 2 nitrogen and oxygen atoms in total. The molecule has 1 atom stereocenters. The van der Waals surface area contributed by atoms with Crippen molar-refractivity contribution in [3.63, 3.8) is 0 Å². The molecule has 1 heterocycles. The predicted molar refractivity (Wildman–Crippen MR) is 56.1 cm³/mol. The fourth-order valence-corrected chi connectivity index (χ4v) is 2.05. The van der Waals surface area contributed by atoms with Crippen LogP contribution in [0.1, 0.15) is 30.0 Å². The summed E-state index contributed by atoms with van der Waals surface area (Å²) < 4.78 is 0. The van der Waals surface area contributed by atoms with Crippen molar-refractivity contribution in [1.29, 1.82) is 5.26 Å². The molecule has 0 radical (unpaired) electrons. The second-order valence-corrected chi connectivity index (χ2v) is 3.93. The average Bonchev–Trinajstić information content (AvgIpc) is 2.70. The first-order valence-corrected chi connectivity index (χ1v) is 5.12. The van der Waals surface area contributed by atoms with Gasteiger partial charge in [0.1, 0.15) is 0 Å². The molecule has 14 heavy (non-hydrogen) atoms. The minimum Gasteiger partial charge on any atom is -0.310 e. The van der Waals surface area contributed by atoms with E-state index in [1.165, 1.54) is 6.42 Å². The summed E-state index contributed by atoms with van der Waals surface area (Å²) in [7, 11) is 0. The number of hydrogen-bond acceptors (Lipinski definition) is 2. The Morgan fingerprint density at radius 2 is 2.36 bits per heavy atom. The highest BCUT2D eigenvalue weighted by atomic mass is 35.5. The third-order valence-electron chi connectivity index (χ3n) is 2.57. The maximum atomic E-state index is 8.97. The SMILES string of the molecule is N#Cc1cc(Cl)ccc1[C@H]1CCCN1. The van der Waals surface area contributed by atoms with Gasteiger partial charge in [0.05, 0.1) is 11.6 Å². The molecule has 0 bridgehead atoms. The van der Waals surface area contributed by atoms with E-state index in [4.69, 9.17) is 16.9 Å². The second-order valence-electron chi connectivity index (χ2n) is 3.49. The monoisotopic (exact) mass is 206 g/mol. The summed E-state index contributed by atoms with van der Waals surface area (Å²) >= 11 is 5.83. The topological polar surface area (TPSA) is 35.8 Å². The van der Waals surface area contributed by atoms with Gasteiger partial charge < -0.3 is 5.32 Å². The molecule has 0 amide bonds. The van der Waals surface area contributed by atoms with Crippen LogP contribution in [0.4, 0.5) is 0 Å². The van der Waals surface area contributed by atoms with Crippen LogP contribution in [0.15, 0.2) is 18.2 Å². The van der Waals surface area contributed by atoms with Gasteiger partial charge in [0.15, 0.2) is 0 Å². The molecule has 72 valence electrons. The summed E-state index contributed by atoms with van der Waals surface area (Å²) in [4.78, 5) is 0. The van der Waals surface area contributed by atoms with E-state index in [0.717, 1.165) is 18.5 Å². The molecule has 1 aliphatic heterocycles. The van der Waals surface area contributed by atoms with Gasteiger partial charge in [-0.2, -0.15) is 5.26 Å². The lowest BCUT2D eigenvalue weighted by Crippen LogP contribution is -2.13. The van der Waals surface area contributed by atoms with E-state index in [9.17, 15) is 0 Å². The van der Waals surface area contributed by atoms with Crippen LogP contribution < -0.4 is 5.32 Å². The number of nitrogens with zero attached hydrogens (tertiary/aromatic N) is 1. The molecule has 1 fully saturated rings. The predicted octanol–water partition coefficient (Wildman–Crippen LogP) is 2.64. The van der Waals surface area contributed by atoms with Crippen LogP contribution >= 0.6 is 11.6 Å². The van der Waals surface area contributed by atoms with Gasteiger partial charge in [-0.05, 0) is 37.1 Å². The van der Waals surface area contributed by atoms with E-state index in [1.54, 1.807) is 6.07 Å². The molecule has 2 rings (SSSR count). The Hall–Kier alpha value is -1.04. The maximum Gasteiger partial charge on any atom is 0.0995 e. The molecule has 1 aliphatic rings. The van der Waals surface area contributed by atoms with E-state index >= 15 is 0 Å². The van der Waals surface area contributed by atoms with Gasteiger partial charge in [-0.25, -0.2) is 0 Å². The zero-order valence-corrected chi connectivity index (χ0v) is 8.51. The van der Waals surface area contributed by atoms with Gasteiger partial charge in [0, 0.05) is 11.1 Å². The Morgan fingerprint density at radius 3 is 3.00 bits per heavy atom. The van der Waals surface area contributed by atoms with Crippen molar-refractivity contribution in [3.8, 4) is 6.07 Å². The molecule has 1 N–H and O–H groups in total. The highest BCUT2D eigenvalue weighted by molar-refractivity contribution is 6.30. The van der Waals surface area contributed by atoms with E-state index in [1.807, 2.05) is 12.1 Å². The molecular weight excluding hydrogens is 196 g/mol. The largest absolute Gasteiger partial charge is 0.310 e. The van der Waals surface area contributed by atoms with Crippen molar-refractivity contribution in [3.05, 3.63) is 34.3 Å². The summed E-state index contributed by atoms with van der Waals surface area (Å²) in [5, 5.41) is 13.0. The molecule has 0 aromatic heterocycles. The molecule has 1 aromatic carbocycles. The molecule has 0 saturated carbocycles. The Morgan fingerprint density at radius 1 is 1.50 bits per heavy atom. The van der Waals surface area contributed by atoms with Crippen molar-refractivity contribution in [2.24, 2.45) is 0 Å². The van der Waals surface area contributed by atoms with E-state index < -0.39 is 0 Å². The van der Waals surface area contributed by atoms with Crippen molar-refractivity contribution in [2.75, 3.05) is 6.54 Å². The van der Waals surface area contributed by atoms with Gasteiger partial charge in [0.2, 0.25) is 0 Å². The Labute approximate surface area is 88.5 Å². The lowest BCUT2D eigenvalue weighted by Gasteiger charge is -2.12. The summed E-state index contributed by atoms with van der Waals surface area (Å²) in [6.45, 7) is 1.04. The van der Waals surface area contributed by atoms with Crippen LogP contribution in [-0.4, -0.2) is 6.54 Å². The normalized spacial score (nSPS) is 20.7. The summed E-state index contributed by atoms with van der Waals surface area (Å²) in [6.07, 6.45) is 2.29. The maximum absolute atomic E-state index is 8.97. The van der Waals surface area contributed by atoms with Gasteiger partial charge in [-0.15, -0.1) is 0 Å². The third-order valence-corrected chi connectivity index (χ3v) is 2.81. The Bertz CT molecular complexity index is 375. The number of nitrogens with one attached hydrogen (secondary N) is 1. The fourth-order valence-electron chi connectivity index (χ4n) is 1.88. The highest BCUT2D eigenvalue weighted by Crippen LogP contribution is 2.27. The van der Waals surface area contributed by atoms with Gasteiger partial charge in [0.25, 0.3) is 0 Å². The Balaban J connectivity index is 2.37. The van der Waals surface area contributed by atoms with Gasteiger partial charge in [-0.3, -0.25) is 0 Å². The van der Waals surface area contributed by atoms with Crippen molar-refractivity contribution in [1.82, 2.24) is 5.32 Å². The lowest BCUT2D eigenvalue weighted by atomic mass is 10.00. The smallest absolute Gasteiger partial charge is 0.0995 e. The van der Waals surface area contributed by atoms with E-state index in [2.05, 4.69) is 11.4 Å². The molecule has 0 aliphatic carbocycles. The van der Waals surface area contributed by atoms with Crippen molar-refractivity contribution >= 4 is 11.6 Å².